The van der Waals surface area contributed by atoms with Crippen molar-refractivity contribution in [3.63, 3.8) is 0 Å². The Labute approximate surface area is 165 Å². The maximum absolute atomic E-state index is 12.6. The van der Waals surface area contributed by atoms with Gasteiger partial charge in [0.2, 0.25) is 10.0 Å². The smallest absolute Gasteiger partial charge is 0.270 e. The molecule has 2 aromatic rings. The van der Waals surface area contributed by atoms with Crippen LogP contribution < -0.4 is 4.80 Å². The van der Waals surface area contributed by atoms with Gasteiger partial charge in [-0.05, 0) is 18.9 Å². The molecule has 28 heavy (non-hydrogen) atoms. The van der Waals surface area contributed by atoms with E-state index in [0.29, 0.717) is 27.9 Å². The molecule has 0 unspecified atom stereocenters. The molecule has 0 aliphatic carbocycles. The second-order valence-corrected chi connectivity index (χ2v) is 9.46. The van der Waals surface area contributed by atoms with Crippen molar-refractivity contribution in [1.82, 2.24) is 8.87 Å². The third-order valence-electron chi connectivity index (χ3n) is 4.60. The van der Waals surface area contributed by atoms with Crippen molar-refractivity contribution in [2.75, 3.05) is 19.3 Å². The molecule has 9 nitrogen and oxygen atoms in total. The minimum atomic E-state index is -3.26. The summed E-state index contributed by atoms with van der Waals surface area (Å²) in [6.07, 6.45) is 7.38. The summed E-state index contributed by atoms with van der Waals surface area (Å²) in [7, 11) is -3.26. The van der Waals surface area contributed by atoms with Gasteiger partial charge in [0.1, 0.15) is 0 Å². The van der Waals surface area contributed by atoms with Gasteiger partial charge in [0.25, 0.3) is 11.6 Å². The SMILES string of the molecule is C#CCn1c(=NC(=O)C2CCN(S(C)(=O)=O)CC2)sc2cc([N+](=O)[O-])ccc21. The van der Waals surface area contributed by atoms with E-state index >= 15 is 0 Å². The minimum absolute atomic E-state index is 0.0485. The van der Waals surface area contributed by atoms with Crippen molar-refractivity contribution in [1.29, 1.82) is 0 Å². The number of rotatable bonds is 4. The molecular formula is C17H18N4O5S2. The minimum Gasteiger partial charge on any atom is -0.305 e. The van der Waals surface area contributed by atoms with Gasteiger partial charge in [0, 0.05) is 31.1 Å². The number of non-ortho nitro benzene ring substituents is 1. The first kappa shape index (κ1) is 20.2. The van der Waals surface area contributed by atoms with Crippen LogP contribution in [0.1, 0.15) is 12.8 Å². The standard InChI is InChI=1S/C17H18N4O5S2/c1-3-8-20-14-5-4-13(21(23)24)11-15(14)27-17(20)18-16(22)12-6-9-19(10-7-12)28(2,25)26/h1,4-5,11-12H,6-10H2,2H3. The summed E-state index contributed by atoms with van der Waals surface area (Å²) in [4.78, 5) is 27.7. The molecule has 148 valence electrons. The molecule has 0 saturated carbocycles. The highest BCUT2D eigenvalue weighted by molar-refractivity contribution is 7.88. The summed E-state index contributed by atoms with van der Waals surface area (Å²) in [5, 5.41) is 11.0. The number of aromatic nitrogens is 1. The van der Waals surface area contributed by atoms with Crippen LogP contribution in [0.25, 0.3) is 10.2 Å². The van der Waals surface area contributed by atoms with E-state index in [9.17, 15) is 23.3 Å². The molecule has 1 aromatic carbocycles. The lowest BCUT2D eigenvalue weighted by Gasteiger charge is -2.28. The number of hydrogen-bond acceptors (Lipinski definition) is 6. The number of nitro benzene ring substituents is 1. The lowest BCUT2D eigenvalue weighted by atomic mass is 9.98. The number of nitro groups is 1. The molecule has 11 heteroatoms. The molecule has 0 N–H and O–H groups in total. The van der Waals surface area contributed by atoms with Crippen LogP contribution in [-0.4, -0.2) is 47.5 Å². The average Bonchev–Trinajstić information content (AvgIpc) is 2.98. The second kappa shape index (κ2) is 7.83. The van der Waals surface area contributed by atoms with Gasteiger partial charge in [-0.1, -0.05) is 17.3 Å². The Balaban J connectivity index is 1.92. The molecule has 0 atom stereocenters. The molecule has 1 aliphatic heterocycles. The number of amides is 1. The molecule has 1 amide bonds. The van der Waals surface area contributed by atoms with E-state index in [0.717, 1.165) is 17.6 Å². The van der Waals surface area contributed by atoms with Crippen LogP contribution in [0.5, 0.6) is 0 Å². The Morgan fingerprint density at radius 2 is 2.11 bits per heavy atom. The zero-order valence-electron chi connectivity index (χ0n) is 15.1. The lowest BCUT2D eigenvalue weighted by molar-refractivity contribution is -0.384. The molecule has 2 heterocycles. The predicted octanol–water partition coefficient (Wildman–Crippen LogP) is 1.34. The Morgan fingerprint density at radius 3 is 2.68 bits per heavy atom. The van der Waals surface area contributed by atoms with Gasteiger partial charge in [0.05, 0.1) is 27.9 Å². The van der Waals surface area contributed by atoms with Crippen LogP contribution in [0.4, 0.5) is 5.69 Å². The van der Waals surface area contributed by atoms with Crippen LogP contribution in [0.15, 0.2) is 23.2 Å². The summed E-state index contributed by atoms with van der Waals surface area (Å²) in [5.74, 6) is 1.81. The summed E-state index contributed by atoms with van der Waals surface area (Å²) in [5.41, 5.74) is 0.625. The topological polar surface area (TPSA) is 115 Å². The number of carbonyl (C=O) groups is 1. The van der Waals surface area contributed by atoms with E-state index in [-0.39, 0.29) is 37.1 Å². The van der Waals surface area contributed by atoms with Gasteiger partial charge >= 0.3 is 0 Å². The van der Waals surface area contributed by atoms with E-state index in [1.807, 2.05) is 0 Å². The van der Waals surface area contributed by atoms with Crippen LogP contribution >= 0.6 is 11.3 Å². The number of terminal acetylenes is 1. The molecule has 0 spiro atoms. The van der Waals surface area contributed by atoms with Gasteiger partial charge < -0.3 is 4.57 Å². The van der Waals surface area contributed by atoms with Gasteiger partial charge in [-0.3, -0.25) is 14.9 Å². The first-order chi connectivity index (χ1) is 13.2. The van der Waals surface area contributed by atoms with Crippen molar-refractivity contribution < 1.29 is 18.1 Å². The zero-order chi connectivity index (χ0) is 20.5. The highest BCUT2D eigenvalue weighted by Gasteiger charge is 2.29. The fraction of sp³-hybridized carbons (Fsp3) is 0.412. The van der Waals surface area contributed by atoms with Gasteiger partial charge in [-0.15, -0.1) is 6.42 Å². The monoisotopic (exact) mass is 422 g/mol. The Kier molecular flexibility index (Phi) is 5.64. The summed E-state index contributed by atoms with van der Waals surface area (Å²) in [6, 6.07) is 4.41. The maximum atomic E-state index is 12.6. The van der Waals surface area contributed by atoms with Gasteiger partial charge in [-0.25, -0.2) is 12.7 Å². The van der Waals surface area contributed by atoms with E-state index in [2.05, 4.69) is 10.9 Å². The van der Waals surface area contributed by atoms with Crippen molar-refractivity contribution in [3.8, 4) is 12.3 Å². The molecular weight excluding hydrogens is 404 g/mol. The van der Waals surface area contributed by atoms with Crippen molar-refractivity contribution in [2.45, 2.75) is 19.4 Å². The summed E-state index contributed by atoms with van der Waals surface area (Å²) in [6.45, 7) is 0.748. The maximum Gasteiger partial charge on any atom is 0.270 e. The molecule has 1 aromatic heterocycles. The number of nitrogens with zero attached hydrogens (tertiary/aromatic N) is 4. The highest BCUT2D eigenvalue weighted by atomic mass is 32.2. The number of sulfonamides is 1. The number of fused-ring (bicyclic) bond motifs is 1. The largest absolute Gasteiger partial charge is 0.305 e. The third kappa shape index (κ3) is 4.14. The number of hydrogen-bond donors (Lipinski definition) is 0. The molecule has 3 rings (SSSR count). The first-order valence-electron chi connectivity index (χ1n) is 8.45. The fourth-order valence-electron chi connectivity index (χ4n) is 3.12. The van der Waals surface area contributed by atoms with Crippen molar-refractivity contribution in [2.24, 2.45) is 10.9 Å². The van der Waals surface area contributed by atoms with Gasteiger partial charge in [-0.2, -0.15) is 4.99 Å². The average molecular weight is 422 g/mol. The molecule has 0 bridgehead atoms. The summed E-state index contributed by atoms with van der Waals surface area (Å²) >= 11 is 1.16. The Hall–Kier alpha value is -2.55. The van der Waals surface area contributed by atoms with Gasteiger partial charge in [0.15, 0.2) is 4.80 Å². The number of benzene rings is 1. The predicted molar refractivity (Wildman–Crippen MR) is 105 cm³/mol. The van der Waals surface area contributed by atoms with Crippen molar-refractivity contribution >= 4 is 43.2 Å². The Bertz CT molecular complexity index is 1150. The first-order valence-corrected chi connectivity index (χ1v) is 11.1. The summed E-state index contributed by atoms with van der Waals surface area (Å²) < 4.78 is 26.8. The van der Waals surface area contributed by atoms with Crippen LogP contribution in [0.2, 0.25) is 0 Å². The van der Waals surface area contributed by atoms with E-state index in [4.69, 9.17) is 6.42 Å². The quantitative estimate of drug-likeness (QED) is 0.419. The normalized spacial score (nSPS) is 16.9. The molecule has 1 fully saturated rings. The highest BCUT2D eigenvalue weighted by Crippen LogP contribution is 2.24. The Morgan fingerprint density at radius 1 is 1.43 bits per heavy atom. The second-order valence-electron chi connectivity index (χ2n) is 6.47. The number of piperidine rings is 1. The molecule has 0 radical (unpaired) electrons. The van der Waals surface area contributed by atoms with E-state index in [1.54, 1.807) is 10.6 Å². The van der Waals surface area contributed by atoms with Crippen LogP contribution in [0, 0.1) is 28.4 Å². The van der Waals surface area contributed by atoms with Crippen LogP contribution in [-0.2, 0) is 21.4 Å². The van der Waals surface area contributed by atoms with Crippen LogP contribution in [0.3, 0.4) is 0 Å². The number of carbonyl (C=O) groups excluding carboxylic acids is 1. The molecule has 1 saturated heterocycles. The molecule has 1 aliphatic rings. The fourth-order valence-corrected chi connectivity index (χ4v) is 5.07. The number of thiazole rings is 1. The lowest BCUT2D eigenvalue weighted by Crippen LogP contribution is -2.39. The van der Waals surface area contributed by atoms with E-state index in [1.165, 1.54) is 16.4 Å². The van der Waals surface area contributed by atoms with E-state index < -0.39 is 14.9 Å². The third-order valence-corrected chi connectivity index (χ3v) is 6.95. The van der Waals surface area contributed by atoms with Crippen molar-refractivity contribution in [3.05, 3.63) is 33.1 Å². The zero-order valence-corrected chi connectivity index (χ0v) is 16.7.